The lowest BCUT2D eigenvalue weighted by atomic mass is 10.3. The molecule has 9 nitrogen and oxygen atoms in total. The van der Waals surface area contributed by atoms with Crippen molar-refractivity contribution in [3.8, 4) is 0 Å². The summed E-state index contributed by atoms with van der Waals surface area (Å²) in [6.07, 6.45) is 1.76. The van der Waals surface area contributed by atoms with Crippen LogP contribution in [0.4, 0.5) is 17.5 Å². The number of hydrogen-bond acceptors (Lipinski definition) is 7. The summed E-state index contributed by atoms with van der Waals surface area (Å²) < 4.78 is 26.6. The average Bonchev–Trinajstić information content (AvgIpc) is 2.55. The Kier molecular flexibility index (Phi) is 6.01. The van der Waals surface area contributed by atoms with Gasteiger partial charge in [0.15, 0.2) is 5.82 Å². The van der Waals surface area contributed by atoms with E-state index >= 15 is 0 Å². The number of hydrogen-bond donors (Lipinski definition) is 3. The van der Waals surface area contributed by atoms with Crippen LogP contribution < -0.4 is 15.4 Å². The number of nitrogens with one attached hydrogen (secondary N) is 3. The van der Waals surface area contributed by atoms with Crippen LogP contribution in [0.15, 0.2) is 30.5 Å². The van der Waals surface area contributed by atoms with Crippen molar-refractivity contribution in [2.75, 3.05) is 37.8 Å². The van der Waals surface area contributed by atoms with Crippen LogP contribution in [-0.4, -0.2) is 55.1 Å². The lowest BCUT2D eigenvalue weighted by Crippen LogP contribution is -2.38. The van der Waals surface area contributed by atoms with E-state index in [4.69, 9.17) is 0 Å². The monoisotopic (exact) mass is 351 g/mol. The summed E-state index contributed by atoms with van der Waals surface area (Å²) in [6, 6.07) is 7.33. The molecule has 0 saturated carbocycles. The molecule has 0 amide bonds. The molecular formula is C14H21N7O2S. The molecule has 2 aromatic rings. The van der Waals surface area contributed by atoms with Gasteiger partial charge in [-0.25, -0.2) is 9.71 Å². The number of anilines is 3. The van der Waals surface area contributed by atoms with E-state index in [0.717, 1.165) is 9.87 Å². The van der Waals surface area contributed by atoms with Gasteiger partial charge in [-0.2, -0.15) is 12.7 Å². The molecule has 3 N–H and O–H groups in total. The molecule has 0 bridgehead atoms. The average molecular weight is 351 g/mol. The highest BCUT2D eigenvalue weighted by Crippen LogP contribution is 2.12. The predicted octanol–water partition coefficient (Wildman–Crippen LogP) is 0.732. The van der Waals surface area contributed by atoms with E-state index in [1.54, 1.807) is 18.3 Å². The van der Waals surface area contributed by atoms with Gasteiger partial charge in [-0.3, -0.25) is 0 Å². The maximum atomic E-state index is 11.5. The molecule has 10 heteroatoms. The first-order valence-corrected chi connectivity index (χ1v) is 8.75. The smallest absolute Gasteiger partial charge is 0.278 e. The van der Waals surface area contributed by atoms with Gasteiger partial charge in [0.05, 0.1) is 0 Å². The molecule has 24 heavy (non-hydrogen) atoms. The zero-order valence-corrected chi connectivity index (χ0v) is 14.6. The van der Waals surface area contributed by atoms with Gasteiger partial charge < -0.3 is 10.6 Å². The van der Waals surface area contributed by atoms with E-state index in [2.05, 4.69) is 30.5 Å². The molecule has 0 spiro atoms. The van der Waals surface area contributed by atoms with Gasteiger partial charge in [0, 0.05) is 33.4 Å². The predicted molar refractivity (Wildman–Crippen MR) is 93.4 cm³/mol. The molecule has 0 aliphatic heterocycles. The Balaban J connectivity index is 1.81. The zero-order chi connectivity index (χ0) is 17.6. The van der Waals surface area contributed by atoms with Crippen LogP contribution in [0.5, 0.6) is 0 Å². The second kappa shape index (κ2) is 7.99. The maximum absolute atomic E-state index is 11.5. The molecule has 0 atom stereocenters. The molecule has 0 fully saturated rings. The third-order valence-electron chi connectivity index (χ3n) is 3.03. The van der Waals surface area contributed by atoms with Crippen LogP contribution in [0.1, 0.15) is 5.56 Å². The summed E-state index contributed by atoms with van der Waals surface area (Å²) in [7, 11) is -0.470. The van der Waals surface area contributed by atoms with E-state index in [1.165, 1.54) is 14.1 Å². The molecule has 0 aromatic carbocycles. The quantitative estimate of drug-likeness (QED) is 0.601. The number of aromatic nitrogens is 3. The van der Waals surface area contributed by atoms with E-state index in [9.17, 15) is 8.42 Å². The number of rotatable bonds is 8. The molecule has 0 unspecified atom stereocenters. The second-order valence-electron chi connectivity index (χ2n) is 5.26. The van der Waals surface area contributed by atoms with Crippen LogP contribution in [0.2, 0.25) is 0 Å². The van der Waals surface area contributed by atoms with Crippen molar-refractivity contribution in [3.05, 3.63) is 36.0 Å². The zero-order valence-electron chi connectivity index (χ0n) is 13.8. The number of pyridine rings is 1. The maximum Gasteiger partial charge on any atom is 0.278 e. The Morgan fingerprint density at radius 2 is 1.67 bits per heavy atom. The van der Waals surface area contributed by atoms with Crippen LogP contribution in [-0.2, 0) is 10.2 Å². The van der Waals surface area contributed by atoms with Crippen molar-refractivity contribution < 1.29 is 8.42 Å². The summed E-state index contributed by atoms with van der Waals surface area (Å²) in [5, 5.41) is 14.1. The van der Waals surface area contributed by atoms with Gasteiger partial charge in [0.1, 0.15) is 11.6 Å². The standard InChI is InChI=1S/C14H21N7O2S/c1-11-4-5-12(16-10-11)18-14-7-6-13(19-20-14)15-8-9-17-24(22,23)21(2)3/h4-7,10,17H,8-9H2,1-3H3,(H,15,19)(H,16,18,20). The van der Waals surface area contributed by atoms with E-state index < -0.39 is 10.2 Å². The highest BCUT2D eigenvalue weighted by Gasteiger charge is 2.11. The molecule has 2 heterocycles. The Bertz CT molecular complexity index is 746. The summed E-state index contributed by atoms with van der Waals surface area (Å²) in [5.74, 6) is 1.82. The number of nitrogens with zero attached hydrogens (tertiary/aromatic N) is 4. The summed E-state index contributed by atoms with van der Waals surface area (Å²) in [6.45, 7) is 2.61. The van der Waals surface area contributed by atoms with E-state index in [-0.39, 0.29) is 6.54 Å². The summed E-state index contributed by atoms with van der Waals surface area (Å²) >= 11 is 0. The first-order chi connectivity index (χ1) is 11.4. The van der Waals surface area contributed by atoms with Crippen molar-refractivity contribution in [1.82, 2.24) is 24.2 Å². The molecule has 0 aliphatic rings. The third kappa shape index (κ3) is 5.41. The van der Waals surface area contributed by atoms with Crippen molar-refractivity contribution >= 4 is 27.7 Å². The highest BCUT2D eigenvalue weighted by molar-refractivity contribution is 7.87. The Morgan fingerprint density at radius 1 is 1.00 bits per heavy atom. The fraction of sp³-hybridized carbons (Fsp3) is 0.357. The second-order valence-corrected chi connectivity index (χ2v) is 7.23. The normalized spacial score (nSPS) is 11.5. The van der Waals surface area contributed by atoms with Crippen LogP contribution >= 0.6 is 0 Å². The first-order valence-electron chi connectivity index (χ1n) is 7.31. The van der Waals surface area contributed by atoms with Crippen LogP contribution in [0.25, 0.3) is 0 Å². The molecule has 130 valence electrons. The van der Waals surface area contributed by atoms with Gasteiger partial charge in [-0.05, 0) is 30.7 Å². The lowest BCUT2D eigenvalue weighted by Gasteiger charge is -2.12. The number of aryl methyl sites for hydroxylation is 1. The Hall–Kier alpha value is -2.30. The third-order valence-corrected chi connectivity index (χ3v) is 4.56. The SMILES string of the molecule is Cc1ccc(Nc2ccc(NCCNS(=O)(=O)N(C)C)nn2)nc1. The topological polar surface area (TPSA) is 112 Å². The minimum Gasteiger partial charge on any atom is -0.367 e. The highest BCUT2D eigenvalue weighted by atomic mass is 32.2. The van der Waals surface area contributed by atoms with Crippen molar-refractivity contribution in [2.45, 2.75) is 6.92 Å². The first kappa shape index (κ1) is 18.0. The van der Waals surface area contributed by atoms with Gasteiger partial charge in [0.25, 0.3) is 10.2 Å². The fourth-order valence-corrected chi connectivity index (χ4v) is 2.28. The molecule has 0 saturated heterocycles. The summed E-state index contributed by atoms with van der Waals surface area (Å²) in [5.41, 5.74) is 1.08. The molecule has 2 aromatic heterocycles. The lowest BCUT2D eigenvalue weighted by molar-refractivity contribution is 0.507. The van der Waals surface area contributed by atoms with E-state index in [0.29, 0.717) is 24.0 Å². The fourth-order valence-electron chi connectivity index (χ4n) is 1.67. The molecule has 0 radical (unpaired) electrons. The minimum absolute atomic E-state index is 0.246. The molecule has 0 aliphatic carbocycles. The summed E-state index contributed by atoms with van der Waals surface area (Å²) in [4.78, 5) is 4.23. The van der Waals surface area contributed by atoms with Gasteiger partial charge in [0.2, 0.25) is 0 Å². The van der Waals surface area contributed by atoms with Crippen LogP contribution in [0.3, 0.4) is 0 Å². The minimum atomic E-state index is -3.41. The largest absolute Gasteiger partial charge is 0.367 e. The molecule has 2 rings (SSSR count). The van der Waals surface area contributed by atoms with Crippen LogP contribution in [0, 0.1) is 6.92 Å². The van der Waals surface area contributed by atoms with Gasteiger partial charge in [-0.1, -0.05) is 6.07 Å². The van der Waals surface area contributed by atoms with Gasteiger partial charge >= 0.3 is 0 Å². The van der Waals surface area contributed by atoms with Crippen molar-refractivity contribution in [3.63, 3.8) is 0 Å². The van der Waals surface area contributed by atoms with Crippen molar-refractivity contribution in [2.24, 2.45) is 0 Å². The van der Waals surface area contributed by atoms with Crippen molar-refractivity contribution in [1.29, 1.82) is 0 Å². The molecular weight excluding hydrogens is 330 g/mol. The van der Waals surface area contributed by atoms with E-state index in [1.807, 2.05) is 19.1 Å². The van der Waals surface area contributed by atoms with Gasteiger partial charge in [-0.15, -0.1) is 10.2 Å². The Morgan fingerprint density at radius 3 is 2.25 bits per heavy atom. The Labute approximate surface area is 141 Å².